The van der Waals surface area contributed by atoms with E-state index in [1.807, 2.05) is 26.4 Å². The number of halogens is 1. The highest BCUT2D eigenvalue weighted by atomic mass is 127. The van der Waals surface area contributed by atoms with E-state index in [-0.39, 0.29) is 29.7 Å². The Morgan fingerprint density at radius 1 is 1.31 bits per heavy atom. The van der Waals surface area contributed by atoms with E-state index in [2.05, 4.69) is 20.5 Å². The van der Waals surface area contributed by atoms with E-state index >= 15 is 0 Å². The Labute approximate surface area is 188 Å². The summed E-state index contributed by atoms with van der Waals surface area (Å²) >= 11 is 0. The van der Waals surface area contributed by atoms with Crippen molar-refractivity contribution in [3.8, 4) is 0 Å². The maximum Gasteiger partial charge on any atom is 0.220 e. The number of rotatable bonds is 7. The second kappa shape index (κ2) is 10.9. The van der Waals surface area contributed by atoms with Crippen LogP contribution >= 0.6 is 24.0 Å². The summed E-state index contributed by atoms with van der Waals surface area (Å²) in [5, 5.41) is 11.2. The van der Waals surface area contributed by atoms with Crippen molar-refractivity contribution in [1.29, 1.82) is 0 Å². The topological polar surface area (TPSA) is 109 Å². The quantitative estimate of drug-likeness (QED) is 0.315. The van der Waals surface area contributed by atoms with E-state index < -0.39 is 10.0 Å². The van der Waals surface area contributed by atoms with Gasteiger partial charge in [0.05, 0.1) is 11.9 Å². The summed E-state index contributed by atoms with van der Waals surface area (Å²) in [5.41, 5.74) is 1.57. The summed E-state index contributed by atoms with van der Waals surface area (Å²) in [6.07, 6.45) is 6.03. The summed E-state index contributed by atoms with van der Waals surface area (Å²) < 4.78 is 33.1. The summed E-state index contributed by atoms with van der Waals surface area (Å²) in [6, 6.07) is 1.58. The highest BCUT2D eigenvalue weighted by Gasteiger charge is 2.28. The first kappa shape index (κ1) is 23.6. The van der Waals surface area contributed by atoms with Gasteiger partial charge in [-0.1, -0.05) is 5.16 Å². The summed E-state index contributed by atoms with van der Waals surface area (Å²) in [7, 11) is -1.51. The van der Waals surface area contributed by atoms with Gasteiger partial charge in [0, 0.05) is 58.6 Å². The number of hydrogen-bond acceptors (Lipinski definition) is 6. The third-order valence-electron chi connectivity index (χ3n) is 4.51. The predicted molar refractivity (Wildman–Crippen MR) is 121 cm³/mol. The molecule has 1 fully saturated rings. The monoisotopic (exact) mass is 537 g/mol. The minimum Gasteiger partial charge on any atom is -0.364 e. The minimum atomic E-state index is -3.40. The third-order valence-corrected chi connectivity index (χ3v) is 6.32. The molecule has 0 amide bonds. The molecular weight excluding hydrogens is 509 g/mol. The van der Waals surface area contributed by atoms with Crippen molar-refractivity contribution in [2.75, 3.05) is 39.3 Å². The maximum absolute atomic E-state index is 12.6. The van der Waals surface area contributed by atoms with Crippen molar-refractivity contribution in [1.82, 2.24) is 29.5 Å². The van der Waals surface area contributed by atoms with Crippen molar-refractivity contribution in [3.05, 3.63) is 36.0 Å². The number of nitrogens with zero attached hydrogens (tertiary/aromatic N) is 6. The lowest BCUT2D eigenvalue weighted by Crippen LogP contribution is -2.54. The molecule has 3 rings (SSSR count). The molecule has 0 bridgehead atoms. The Balaban J connectivity index is 0.00000300. The molecule has 2 aromatic rings. The second-order valence-corrected chi connectivity index (χ2v) is 8.61. The van der Waals surface area contributed by atoms with Crippen molar-refractivity contribution < 1.29 is 12.9 Å². The Morgan fingerprint density at radius 3 is 2.66 bits per heavy atom. The van der Waals surface area contributed by atoms with Crippen molar-refractivity contribution in [3.63, 3.8) is 0 Å². The van der Waals surface area contributed by atoms with Gasteiger partial charge in [0.1, 0.15) is 12.0 Å². The molecule has 0 saturated carbocycles. The number of aromatic nitrogens is 3. The second-order valence-electron chi connectivity index (χ2n) is 6.64. The van der Waals surface area contributed by atoms with E-state index in [0.29, 0.717) is 38.4 Å². The zero-order chi connectivity index (χ0) is 20.0. The Kier molecular flexibility index (Phi) is 8.89. The normalized spacial score (nSPS) is 15.9. The zero-order valence-corrected chi connectivity index (χ0v) is 19.8. The van der Waals surface area contributed by atoms with E-state index in [0.717, 1.165) is 24.5 Å². The molecule has 3 heterocycles. The molecule has 10 nitrogen and oxygen atoms in total. The van der Waals surface area contributed by atoms with Gasteiger partial charge in [-0.05, 0) is 18.9 Å². The SMILES string of the molecule is CCNC(=NCCc1cnn(C)c1)N1CCN(S(=O)(=O)Cc2ccon2)CC1.I. The summed E-state index contributed by atoms with van der Waals surface area (Å²) in [6.45, 7) is 5.47. The number of guanidine groups is 1. The van der Waals surface area contributed by atoms with Gasteiger partial charge in [0.15, 0.2) is 5.96 Å². The Bertz CT molecular complexity index is 875. The molecule has 1 aliphatic heterocycles. The highest BCUT2D eigenvalue weighted by Crippen LogP contribution is 2.13. The zero-order valence-electron chi connectivity index (χ0n) is 16.7. The van der Waals surface area contributed by atoms with Gasteiger partial charge in [-0.2, -0.15) is 9.40 Å². The summed E-state index contributed by atoms with van der Waals surface area (Å²) in [4.78, 5) is 6.80. The van der Waals surface area contributed by atoms with Crippen LogP contribution in [0.2, 0.25) is 0 Å². The first-order valence-electron chi connectivity index (χ1n) is 9.36. The molecule has 0 aromatic carbocycles. The van der Waals surface area contributed by atoms with Crippen molar-refractivity contribution in [2.45, 2.75) is 19.1 Å². The van der Waals surface area contributed by atoms with E-state index in [4.69, 9.17) is 9.52 Å². The number of hydrogen-bond donors (Lipinski definition) is 1. The lowest BCUT2D eigenvalue weighted by Gasteiger charge is -2.35. The molecule has 29 heavy (non-hydrogen) atoms. The average Bonchev–Trinajstić information content (AvgIpc) is 3.32. The number of aliphatic imine (C=N–C) groups is 1. The molecule has 1 N–H and O–H groups in total. The first-order valence-corrected chi connectivity index (χ1v) is 11.0. The van der Waals surface area contributed by atoms with E-state index in [1.165, 1.54) is 10.6 Å². The summed E-state index contributed by atoms with van der Waals surface area (Å²) in [5.74, 6) is 0.683. The van der Waals surface area contributed by atoms with E-state index in [9.17, 15) is 8.42 Å². The molecule has 0 radical (unpaired) electrons. The highest BCUT2D eigenvalue weighted by molar-refractivity contribution is 14.0. The lowest BCUT2D eigenvalue weighted by molar-refractivity contribution is 0.260. The molecular formula is C17H28IN7O3S. The van der Waals surface area contributed by atoms with Gasteiger partial charge in [-0.25, -0.2) is 8.42 Å². The van der Waals surface area contributed by atoms with Gasteiger partial charge in [-0.3, -0.25) is 9.67 Å². The van der Waals surface area contributed by atoms with Crippen LogP contribution in [0.4, 0.5) is 0 Å². The Hall–Kier alpha value is -1.67. The van der Waals surface area contributed by atoms with Crippen LogP contribution in [0.25, 0.3) is 0 Å². The number of piperazine rings is 1. The molecule has 0 atom stereocenters. The van der Waals surface area contributed by atoms with Gasteiger partial charge >= 0.3 is 0 Å². The largest absolute Gasteiger partial charge is 0.364 e. The Morgan fingerprint density at radius 2 is 2.07 bits per heavy atom. The predicted octanol–water partition coefficient (Wildman–Crippen LogP) is 0.682. The van der Waals surface area contributed by atoms with Crippen LogP contribution in [0.5, 0.6) is 0 Å². The molecule has 0 spiro atoms. The van der Waals surface area contributed by atoms with Crippen LogP contribution < -0.4 is 5.32 Å². The van der Waals surface area contributed by atoms with Crippen LogP contribution in [0, 0.1) is 0 Å². The molecule has 1 saturated heterocycles. The first-order chi connectivity index (χ1) is 13.5. The van der Waals surface area contributed by atoms with Crippen LogP contribution in [0.3, 0.4) is 0 Å². The molecule has 2 aromatic heterocycles. The van der Waals surface area contributed by atoms with Gasteiger partial charge in [0.25, 0.3) is 0 Å². The average molecular weight is 537 g/mol. The fraction of sp³-hybridized carbons (Fsp3) is 0.588. The van der Waals surface area contributed by atoms with Gasteiger partial charge in [0.2, 0.25) is 10.0 Å². The third kappa shape index (κ3) is 6.67. The molecule has 0 unspecified atom stereocenters. The lowest BCUT2D eigenvalue weighted by atomic mass is 10.2. The number of aryl methyl sites for hydroxylation is 1. The van der Waals surface area contributed by atoms with Crippen LogP contribution in [0.1, 0.15) is 18.2 Å². The fourth-order valence-corrected chi connectivity index (χ4v) is 4.51. The molecule has 0 aliphatic carbocycles. The fourth-order valence-electron chi connectivity index (χ4n) is 3.09. The maximum atomic E-state index is 12.6. The van der Waals surface area contributed by atoms with Crippen LogP contribution in [0.15, 0.2) is 34.2 Å². The standard InChI is InChI=1S/C17H27N7O3S.HI/c1-3-18-17(19-6-4-15-12-20-22(2)13-15)23-7-9-24(10-8-23)28(25,26)14-16-5-11-27-21-16;/h5,11-13H,3-4,6-10,14H2,1-2H3,(H,18,19);1H. The molecule has 162 valence electrons. The van der Waals surface area contributed by atoms with Crippen molar-refractivity contribution >= 4 is 40.0 Å². The molecule has 1 aliphatic rings. The van der Waals surface area contributed by atoms with Gasteiger partial charge in [-0.15, -0.1) is 24.0 Å². The minimum absolute atomic E-state index is 0. The van der Waals surface area contributed by atoms with Crippen LogP contribution in [-0.4, -0.2) is 77.8 Å². The number of sulfonamides is 1. The smallest absolute Gasteiger partial charge is 0.220 e. The van der Waals surface area contributed by atoms with Crippen molar-refractivity contribution in [2.24, 2.45) is 12.0 Å². The van der Waals surface area contributed by atoms with E-state index in [1.54, 1.807) is 10.7 Å². The number of nitrogens with one attached hydrogen (secondary N) is 1. The molecule has 12 heteroatoms. The van der Waals surface area contributed by atoms with Gasteiger partial charge < -0.3 is 14.7 Å². The van der Waals surface area contributed by atoms with Crippen LogP contribution in [-0.2, 0) is 29.2 Å².